The van der Waals surface area contributed by atoms with Crippen molar-refractivity contribution < 1.29 is 9.59 Å². The van der Waals surface area contributed by atoms with Crippen LogP contribution >= 0.6 is 23.2 Å². The summed E-state index contributed by atoms with van der Waals surface area (Å²) in [6.07, 6.45) is 27.6. The number of aromatic nitrogens is 4. The zero-order valence-corrected chi connectivity index (χ0v) is 34.5. The van der Waals surface area contributed by atoms with Crippen LogP contribution in [0.2, 0.25) is 10.0 Å². The first kappa shape index (κ1) is 39.0. The van der Waals surface area contributed by atoms with Gasteiger partial charge in [0.05, 0.1) is 11.0 Å². The number of benzene rings is 2. The number of pyridine rings is 4. The molecule has 0 atom stereocenters. The molecule has 4 aliphatic rings. The van der Waals surface area contributed by atoms with Crippen LogP contribution in [0.5, 0.6) is 0 Å². The van der Waals surface area contributed by atoms with E-state index in [4.69, 9.17) is 23.2 Å². The largest absolute Gasteiger partial charge is 0.294 e. The molecule has 2 spiro atoms. The molecule has 0 N–H and O–H groups in total. The molecule has 296 valence electrons. The number of halogens is 2. The van der Waals surface area contributed by atoms with Gasteiger partial charge in [0.2, 0.25) is 0 Å². The number of carbonyl (C=O) groups excluding carboxylic acids is 2. The summed E-state index contributed by atoms with van der Waals surface area (Å²) < 4.78 is 0. The first-order valence-electron chi connectivity index (χ1n) is 21.2. The molecule has 6 aromatic rings. The lowest BCUT2D eigenvalue weighted by Crippen LogP contribution is -2.40. The van der Waals surface area contributed by atoms with Crippen LogP contribution in [-0.4, -0.2) is 31.5 Å². The van der Waals surface area contributed by atoms with Gasteiger partial charge in [-0.2, -0.15) is 0 Å². The lowest BCUT2D eigenvalue weighted by molar-refractivity contribution is 0.00706. The molecule has 0 aliphatic heterocycles. The quantitative estimate of drug-likeness (QED) is 0.142. The average molecular weight is 810 g/mol. The molecule has 0 amide bonds. The second kappa shape index (κ2) is 16.6. The third-order valence-electron chi connectivity index (χ3n) is 14.3. The molecule has 0 unspecified atom stereocenters. The summed E-state index contributed by atoms with van der Waals surface area (Å²) in [6, 6.07) is 22.9. The highest BCUT2D eigenvalue weighted by Gasteiger charge is 2.47. The van der Waals surface area contributed by atoms with Gasteiger partial charge in [-0.15, -0.1) is 0 Å². The third-order valence-corrected chi connectivity index (χ3v) is 14.8. The van der Waals surface area contributed by atoms with Crippen LogP contribution in [0.15, 0.2) is 110 Å². The summed E-state index contributed by atoms with van der Waals surface area (Å²) >= 11 is 11.9. The molecule has 6 nitrogen and oxygen atoms in total. The molecule has 4 heterocycles. The van der Waals surface area contributed by atoms with Gasteiger partial charge < -0.3 is 0 Å². The number of rotatable bonds is 8. The Morgan fingerprint density at radius 3 is 1.28 bits per heavy atom. The highest BCUT2D eigenvalue weighted by atomic mass is 35.5. The number of nitrogens with zero attached hydrogens (tertiary/aromatic N) is 4. The standard InChI is InChI=1S/2C25H25ClN2O/c2*26-20-3-1-19(2-4-20)24(29)13-17-14-25(15-17)9-5-18(6-10-25)21-7-12-28-23-8-11-27-16-22(21)23/h2*1-4,7-8,11-12,16-18H,5-6,9-10,13-15H2. The Balaban J connectivity index is 0.000000150. The highest BCUT2D eigenvalue weighted by molar-refractivity contribution is 6.31. The fourth-order valence-corrected chi connectivity index (χ4v) is 11.5. The number of ketones is 2. The van der Waals surface area contributed by atoms with Crippen LogP contribution in [0.25, 0.3) is 21.8 Å². The fourth-order valence-electron chi connectivity index (χ4n) is 11.3. The Morgan fingerprint density at radius 1 is 0.517 bits per heavy atom. The van der Waals surface area contributed by atoms with E-state index < -0.39 is 0 Å². The molecule has 10 rings (SSSR count). The Kier molecular flexibility index (Phi) is 11.2. The van der Waals surface area contributed by atoms with Crippen molar-refractivity contribution in [1.29, 1.82) is 0 Å². The highest BCUT2D eigenvalue weighted by Crippen LogP contribution is 2.59. The van der Waals surface area contributed by atoms with Crippen molar-refractivity contribution >= 4 is 56.6 Å². The summed E-state index contributed by atoms with van der Waals surface area (Å²) in [5, 5.41) is 3.77. The van der Waals surface area contributed by atoms with Crippen LogP contribution in [-0.2, 0) is 0 Å². The molecular weight excluding hydrogens is 759 g/mol. The molecule has 0 bridgehead atoms. The number of hydrogen-bond acceptors (Lipinski definition) is 6. The zero-order valence-electron chi connectivity index (χ0n) is 33.0. The summed E-state index contributed by atoms with van der Waals surface area (Å²) in [5.74, 6) is 2.80. The SMILES string of the molecule is O=C(CC1CC2(CCC(c3ccnc4ccncc34)CC2)C1)c1ccc(Cl)cc1.O=C(CC1CC2(CCC(c3ccnc4ccncc34)CC2)C1)c1ccc(Cl)cc1. The molecule has 8 heteroatoms. The Bertz CT molecular complexity index is 2220. The minimum absolute atomic E-state index is 0.256. The van der Waals surface area contributed by atoms with Gasteiger partial charge in [-0.1, -0.05) is 23.2 Å². The predicted octanol–water partition coefficient (Wildman–Crippen LogP) is 13.2. The van der Waals surface area contributed by atoms with Crippen molar-refractivity contribution in [2.24, 2.45) is 22.7 Å². The monoisotopic (exact) mass is 808 g/mol. The van der Waals surface area contributed by atoms with Gasteiger partial charge in [0.1, 0.15) is 0 Å². The Labute approximate surface area is 351 Å². The van der Waals surface area contributed by atoms with E-state index in [0.29, 0.717) is 57.4 Å². The van der Waals surface area contributed by atoms with Gasteiger partial charge in [-0.05, 0) is 195 Å². The minimum Gasteiger partial charge on any atom is -0.294 e. The molecule has 4 aromatic heterocycles. The summed E-state index contributed by atoms with van der Waals surface area (Å²) in [5.41, 5.74) is 7.43. The zero-order chi connectivity index (χ0) is 39.7. The second-order valence-electron chi connectivity index (χ2n) is 18.0. The van der Waals surface area contributed by atoms with E-state index in [1.807, 2.05) is 73.6 Å². The van der Waals surface area contributed by atoms with Crippen molar-refractivity contribution in [3.05, 3.63) is 142 Å². The molecule has 4 aliphatic carbocycles. The number of Topliss-reactive ketones (excluding diaryl/α,β-unsaturated/α-hetero) is 2. The third kappa shape index (κ3) is 8.33. The van der Waals surface area contributed by atoms with Gasteiger partial charge >= 0.3 is 0 Å². The minimum atomic E-state index is 0.256. The second-order valence-corrected chi connectivity index (χ2v) is 18.8. The fraction of sp³-hybridized carbons (Fsp3) is 0.400. The normalized spacial score (nSPS) is 26.4. The molecule has 4 fully saturated rings. The maximum atomic E-state index is 12.5. The van der Waals surface area contributed by atoms with E-state index in [9.17, 15) is 9.59 Å². The van der Waals surface area contributed by atoms with E-state index in [-0.39, 0.29) is 11.6 Å². The van der Waals surface area contributed by atoms with E-state index in [0.717, 1.165) is 22.2 Å². The maximum absolute atomic E-state index is 12.5. The van der Waals surface area contributed by atoms with Crippen molar-refractivity contribution in [1.82, 2.24) is 19.9 Å². The molecule has 2 aromatic carbocycles. The Hall–Kier alpha value is -4.52. The van der Waals surface area contributed by atoms with E-state index in [1.54, 1.807) is 24.3 Å². The van der Waals surface area contributed by atoms with E-state index in [2.05, 4.69) is 32.1 Å². The number of fused-ring (bicyclic) bond motifs is 2. The lowest BCUT2D eigenvalue weighted by Gasteiger charge is -2.52. The Morgan fingerprint density at radius 2 is 0.897 bits per heavy atom. The number of carbonyl (C=O) groups is 2. The van der Waals surface area contributed by atoms with E-state index in [1.165, 1.54) is 98.9 Å². The van der Waals surface area contributed by atoms with Crippen molar-refractivity contribution in [2.75, 3.05) is 0 Å². The maximum Gasteiger partial charge on any atom is 0.163 e. The summed E-state index contributed by atoms with van der Waals surface area (Å²) in [7, 11) is 0. The summed E-state index contributed by atoms with van der Waals surface area (Å²) in [4.78, 5) is 42.7. The van der Waals surface area contributed by atoms with Gasteiger partial charge in [0.15, 0.2) is 11.6 Å². The van der Waals surface area contributed by atoms with Crippen molar-refractivity contribution in [2.45, 2.75) is 102 Å². The molecule has 4 saturated carbocycles. The first-order valence-corrected chi connectivity index (χ1v) is 21.9. The van der Waals surface area contributed by atoms with Gasteiger partial charge in [-0.3, -0.25) is 29.5 Å². The van der Waals surface area contributed by atoms with Crippen LogP contribution in [0.3, 0.4) is 0 Å². The molecule has 0 saturated heterocycles. The van der Waals surface area contributed by atoms with Gasteiger partial charge in [0, 0.05) is 82.0 Å². The van der Waals surface area contributed by atoms with Gasteiger partial charge in [0.25, 0.3) is 0 Å². The topological polar surface area (TPSA) is 85.7 Å². The van der Waals surface area contributed by atoms with Gasteiger partial charge in [-0.25, -0.2) is 0 Å². The average Bonchev–Trinajstić information content (AvgIpc) is 3.23. The molecular formula is C50H50Cl2N4O2. The smallest absolute Gasteiger partial charge is 0.163 e. The van der Waals surface area contributed by atoms with E-state index >= 15 is 0 Å². The van der Waals surface area contributed by atoms with Crippen LogP contribution in [0, 0.1) is 22.7 Å². The van der Waals surface area contributed by atoms with Crippen molar-refractivity contribution in [3.63, 3.8) is 0 Å². The molecule has 58 heavy (non-hydrogen) atoms. The van der Waals surface area contributed by atoms with Crippen molar-refractivity contribution in [3.8, 4) is 0 Å². The lowest BCUT2D eigenvalue weighted by atomic mass is 9.53. The number of hydrogen-bond donors (Lipinski definition) is 0. The predicted molar refractivity (Wildman–Crippen MR) is 233 cm³/mol. The molecule has 0 radical (unpaired) electrons. The summed E-state index contributed by atoms with van der Waals surface area (Å²) in [6.45, 7) is 0. The first-order chi connectivity index (χ1) is 28.2. The van der Waals surface area contributed by atoms with Crippen LogP contribution in [0.1, 0.15) is 134 Å². The van der Waals surface area contributed by atoms with Crippen LogP contribution in [0.4, 0.5) is 0 Å². The van der Waals surface area contributed by atoms with Crippen LogP contribution < -0.4 is 0 Å².